The summed E-state index contributed by atoms with van der Waals surface area (Å²) in [6.45, 7) is 2.51. The fourth-order valence-electron chi connectivity index (χ4n) is 2.49. The molecule has 3 rings (SSSR count). The number of pyridine rings is 1. The van der Waals surface area contributed by atoms with E-state index in [4.69, 9.17) is 4.42 Å². The summed E-state index contributed by atoms with van der Waals surface area (Å²) >= 11 is 0. The highest BCUT2D eigenvalue weighted by Gasteiger charge is 2.11. The second kappa shape index (κ2) is 5.58. The first kappa shape index (κ1) is 13.6. The molecule has 0 radical (unpaired) electrons. The van der Waals surface area contributed by atoms with Gasteiger partial charge in [-0.15, -0.1) is 0 Å². The van der Waals surface area contributed by atoms with Crippen molar-refractivity contribution in [2.45, 2.75) is 20.1 Å². The molecule has 4 heteroatoms. The van der Waals surface area contributed by atoms with Crippen LogP contribution >= 0.6 is 0 Å². The Morgan fingerprint density at radius 1 is 1.19 bits per heavy atom. The fourth-order valence-corrected chi connectivity index (χ4v) is 2.49. The van der Waals surface area contributed by atoms with Gasteiger partial charge >= 0.3 is 0 Å². The Bertz CT molecular complexity index is 764. The minimum atomic E-state index is -0.0640. The van der Waals surface area contributed by atoms with Gasteiger partial charge in [0.05, 0.1) is 18.8 Å². The molecule has 21 heavy (non-hydrogen) atoms. The van der Waals surface area contributed by atoms with Crippen LogP contribution < -0.4 is 4.90 Å². The average molecular weight is 282 g/mol. The number of anilines is 1. The van der Waals surface area contributed by atoms with Crippen molar-refractivity contribution in [1.29, 1.82) is 0 Å². The van der Waals surface area contributed by atoms with Crippen LogP contribution in [0.5, 0.6) is 0 Å². The molecular weight excluding hydrogens is 264 g/mol. The molecule has 0 aliphatic rings. The van der Waals surface area contributed by atoms with E-state index in [-0.39, 0.29) is 6.61 Å². The summed E-state index contributed by atoms with van der Waals surface area (Å²) < 4.78 is 5.63. The Hall–Kier alpha value is -2.33. The number of hydrogen-bond donors (Lipinski definition) is 1. The first-order valence-corrected chi connectivity index (χ1v) is 6.93. The topological polar surface area (TPSA) is 49.5 Å². The molecule has 0 bridgehead atoms. The molecule has 0 amide bonds. The molecule has 2 heterocycles. The van der Waals surface area contributed by atoms with Gasteiger partial charge in [0.1, 0.15) is 17.3 Å². The van der Waals surface area contributed by atoms with E-state index in [0.29, 0.717) is 12.2 Å². The lowest BCUT2D eigenvalue weighted by Gasteiger charge is -2.19. The highest BCUT2D eigenvalue weighted by Crippen LogP contribution is 2.26. The van der Waals surface area contributed by atoms with E-state index in [1.807, 2.05) is 61.3 Å². The van der Waals surface area contributed by atoms with Crippen molar-refractivity contribution in [3.05, 3.63) is 59.7 Å². The van der Waals surface area contributed by atoms with Crippen molar-refractivity contribution in [3.63, 3.8) is 0 Å². The molecule has 4 nitrogen and oxygen atoms in total. The molecule has 1 N–H and O–H groups in total. The van der Waals surface area contributed by atoms with E-state index < -0.39 is 0 Å². The predicted octanol–water partition coefficient (Wildman–Crippen LogP) is 3.26. The van der Waals surface area contributed by atoms with Crippen molar-refractivity contribution in [3.8, 4) is 0 Å². The third-order valence-corrected chi connectivity index (χ3v) is 3.49. The van der Waals surface area contributed by atoms with E-state index in [9.17, 15) is 5.11 Å². The molecule has 1 aromatic carbocycles. The minimum Gasteiger partial charge on any atom is -0.464 e. The lowest BCUT2D eigenvalue weighted by atomic mass is 10.1. The molecule has 0 unspecified atom stereocenters. The van der Waals surface area contributed by atoms with Gasteiger partial charge in [0.2, 0.25) is 0 Å². The average Bonchev–Trinajstić information content (AvgIpc) is 2.91. The van der Waals surface area contributed by atoms with Crippen molar-refractivity contribution >= 4 is 16.6 Å². The molecule has 0 fully saturated rings. The Morgan fingerprint density at radius 2 is 2.00 bits per heavy atom. The second-order valence-corrected chi connectivity index (χ2v) is 5.18. The molecule has 0 atom stereocenters. The van der Waals surface area contributed by atoms with E-state index in [1.54, 1.807) is 0 Å². The zero-order valence-electron chi connectivity index (χ0n) is 12.2. The number of furan rings is 1. The van der Waals surface area contributed by atoms with Crippen LogP contribution in [-0.4, -0.2) is 17.1 Å². The Kier molecular flexibility index (Phi) is 3.62. The SMILES string of the molecule is Cc1ccc(CN(C)c2nc(CO)cc3ccccc23)o1. The van der Waals surface area contributed by atoms with Crippen LogP contribution in [0.15, 0.2) is 46.9 Å². The predicted molar refractivity (Wildman–Crippen MR) is 83.2 cm³/mol. The maximum Gasteiger partial charge on any atom is 0.136 e. The number of rotatable bonds is 4. The summed E-state index contributed by atoms with van der Waals surface area (Å²) in [5, 5.41) is 11.5. The Morgan fingerprint density at radius 3 is 2.71 bits per heavy atom. The summed E-state index contributed by atoms with van der Waals surface area (Å²) in [7, 11) is 1.98. The normalized spacial score (nSPS) is 11.0. The Labute approximate surface area is 123 Å². The molecule has 0 aliphatic heterocycles. The van der Waals surface area contributed by atoms with Gasteiger partial charge in [-0.3, -0.25) is 0 Å². The number of nitrogens with zero attached hydrogens (tertiary/aromatic N) is 2. The Balaban J connectivity index is 2.01. The lowest BCUT2D eigenvalue weighted by molar-refractivity contribution is 0.277. The molecule has 0 aliphatic carbocycles. The van der Waals surface area contributed by atoms with Gasteiger partial charge in [-0.1, -0.05) is 24.3 Å². The van der Waals surface area contributed by atoms with E-state index in [1.165, 1.54) is 0 Å². The highest BCUT2D eigenvalue weighted by atomic mass is 16.3. The van der Waals surface area contributed by atoms with Crippen LogP contribution in [0.3, 0.4) is 0 Å². The first-order valence-electron chi connectivity index (χ1n) is 6.93. The van der Waals surface area contributed by atoms with Gasteiger partial charge < -0.3 is 14.4 Å². The zero-order chi connectivity index (χ0) is 14.8. The molecule has 3 aromatic rings. The zero-order valence-corrected chi connectivity index (χ0v) is 12.2. The number of benzene rings is 1. The number of aromatic nitrogens is 1. The van der Waals surface area contributed by atoms with Crippen LogP contribution in [0, 0.1) is 6.92 Å². The van der Waals surface area contributed by atoms with Crippen LogP contribution in [0.4, 0.5) is 5.82 Å². The summed E-state index contributed by atoms with van der Waals surface area (Å²) in [6, 6.07) is 13.9. The van der Waals surface area contributed by atoms with Crippen LogP contribution in [-0.2, 0) is 13.2 Å². The maximum absolute atomic E-state index is 9.40. The van der Waals surface area contributed by atoms with Gasteiger partial charge in [0.15, 0.2) is 0 Å². The first-order chi connectivity index (χ1) is 10.2. The molecule has 2 aromatic heterocycles. The summed E-state index contributed by atoms with van der Waals surface area (Å²) in [6.07, 6.45) is 0. The smallest absolute Gasteiger partial charge is 0.136 e. The van der Waals surface area contributed by atoms with Crippen molar-refractivity contribution in [1.82, 2.24) is 4.98 Å². The fraction of sp³-hybridized carbons (Fsp3) is 0.235. The number of aliphatic hydroxyl groups excluding tert-OH is 1. The quantitative estimate of drug-likeness (QED) is 0.798. The van der Waals surface area contributed by atoms with Crippen LogP contribution in [0.1, 0.15) is 17.2 Å². The summed E-state index contributed by atoms with van der Waals surface area (Å²) in [5.41, 5.74) is 0.672. The third-order valence-electron chi connectivity index (χ3n) is 3.49. The number of hydrogen-bond acceptors (Lipinski definition) is 4. The van der Waals surface area contributed by atoms with E-state index in [2.05, 4.69) is 4.98 Å². The highest BCUT2D eigenvalue weighted by molar-refractivity contribution is 5.92. The van der Waals surface area contributed by atoms with Crippen molar-refractivity contribution < 1.29 is 9.52 Å². The van der Waals surface area contributed by atoms with Crippen molar-refractivity contribution in [2.75, 3.05) is 11.9 Å². The van der Waals surface area contributed by atoms with Gasteiger partial charge in [-0.25, -0.2) is 4.98 Å². The molecule has 0 saturated heterocycles. The largest absolute Gasteiger partial charge is 0.464 e. The van der Waals surface area contributed by atoms with Gasteiger partial charge in [-0.2, -0.15) is 0 Å². The molecule has 108 valence electrons. The molecule has 0 spiro atoms. The standard InChI is InChI=1S/C17H18N2O2/c1-12-7-8-15(21-12)10-19(2)17-16-6-4-3-5-13(16)9-14(11-20)18-17/h3-9,20H,10-11H2,1-2H3. The maximum atomic E-state index is 9.40. The van der Waals surface area contributed by atoms with Gasteiger partial charge in [0.25, 0.3) is 0 Å². The lowest BCUT2D eigenvalue weighted by Crippen LogP contribution is -2.18. The van der Waals surface area contributed by atoms with Gasteiger partial charge in [0, 0.05) is 12.4 Å². The van der Waals surface area contributed by atoms with Crippen LogP contribution in [0.25, 0.3) is 10.8 Å². The van der Waals surface area contributed by atoms with Crippen molar-refractivity contribution in [2.24, 2.45) is 0 Å². The number of fused-ring (bicyclic) bond motifs is 1. The van der Waals surface area contributed by atoms with E-state index in [0.717, 1.165) is 28.1 Å². The summed E-state index contributed by atoms with van der Waals surface area (Å²) in [4.78, 5) is 6.60. The third kappa shape index (κ3) is 2.76. The molecular formula is C17H18N2O2. The number of aliphatic hydroxyl groups is 1. The molecule has 0 saturated carbocycles. The monoisotopic (exact) mass is 282 g/mol. The minimum absolute atomic E-state index is 0.0640. The van der Waals surface area contributed by atoms with Crippen LogP contribution in [0.2, 0.25) is 0 Å². The summed E-state index contributed by atoms with van der Waals surface area (Å²) in [5.74, 6) is 2.65. The van der Waals surface area contributed by atoms with Gasteiger partial charge in [-0.05, 0) is 30.5 Å². The second-order valence-electron chi connectivity index (χ2n) is 5.18. The number of aryl methyl sites for hydroxylation is 1. The van der Waals surface area contributed by atoms with E-state index >= 15 is 0 Å².